The van der Waals surface area contributed by atoms with E-state index in [2.05, 4.69) is 12.2 Å². The molecular weight excluding hydrogens is 228 g/mol. The predicted octanol–water partition coefficient (Wildman–Crippen LogP) is 2.89. The average molecular weight is 241 g/mol. The van der Waals surface area contributed by atoms with Crippen molar-refractivity contribution in [2.45, 2.75) is 31.8 Å². The van der Waals surface area contributed by atoms with Gasteiger partial charge in [0.25, 0.3) is 5.69 Å². The molecule has 1 aliphatic carbocycles. The van der Waals surface area contributed by atoms with Gasteiger partial charge < -0.3 is 5.32 Å². The Kier molecular flexibility index (Phi) is 2.86. The van der Waals surface area contributed by atoms with E-state index in [0.717, 1.165) is 5.56 Å². The first-order chi connectivity index (χ1) is 7.50. The zero-order chi connectivity index (χ0) is 11.8. The summed E-state index contributed by atoms with van der Waals surface area (Å²) in [5.74, 6) is 0. The van der Waals surface area contributed by atoms with E-state index in [1.54, 1.807) is 6.07 Å². The summed E-state index contributed by atoms with van der Waals surface area (Å²) in [5.41, 5.74) is 1.10. The third kappa shape index (κ3) is 2.51. The van der Waals surface area contributed by atoms with Crippen LogP contribution in [0.25, 0.3) is 0 Å². The molecule has 86 valence electrons. The highest BCUT2D eigenvalue weighted by Gasteiger charge is 2.36. The molecular formula is C11H13ClN2O2. The smallest absolute Gasteiger partial charge is 0.288 e. The summed E-state index contributed by atoms with van der Waals surface area (Å²) < 4.78 is 0. The van der Waals surface area contributed by atoms with Crippen LogP contribution in [-0.2, 0) is 6.54 Å². The lowest BCUT2D eigenvalue weighted by Crippen LogP contribution is -2.26. The summed E-state index contributed by atoms with van der Waals surface area (Å²) in [5, 5.41) is 14.2. The third-order valence-electron chi connectivity index (χ3n) is 2.93. The number of benzene rings is 1. The van der Waals surface area contributed by atoms with E-state index in [-0.39, 0.29) is 16.2 Å². The maximum Gasteiger partial charge on any atom is 0.288 e. The second-order valence-electron chi connectivity index (χ2n) is 4.46. The van der Waals surface area contributed by atoms with Gasteiger partial charge in [-0.1, -0.05) is 17.7 Å². The van der Waals surface area contributed by atoms with Gasteiger partial charge in [-0.25, -0.2) is 0 Å². The highest BCUT2D eigenvalue weighted by Crippen LogP contribution is 2.34. The summed E-state index contributed by atoms with van der Waals surface area (Å²) >= 11 is 5.73. The topological polar surface area (TPSA) is 55.2 Å². The SMILES string of the molecule is CC1(NCc2ccc(Cl)c([N+](=O)[O-])c2)CC1. The molecule has 1 aliphatic rings. The van der Waals surface area contributed by atoms with Crippen molar-refractivity contribution in [1.29, 1.82) is 0 Å². The predicted molar refractivity (Wildman–Crippen MR) is 62.6 cm³/mol. The summed E-state index contributed by atoms with van der Waals surface area (Å²) in [6, 6.07) is 4.92. The molecule has 0 radical (unpaired) electrons. The number of hydrogen-bond acceptors (Lipinski definition) is 3. The number of rotatable bonds is 4. The van der Waals surface area contributed by atoms with E-state index >= 15 is 0 Å². The van der Waals surface area contributed by atoms with Gasteiger partial charge in [0, 0.05) is 18.2 Å². The number of hydrogen-bond donors (Lipinski definition) is 1. The van der Waals surface area contributed by atoms with Crippen LogP contribution in [0.4, 0.5) is 5.69 Å². The summed E-state index contributed by atoms with van der Waals surface area (Å²) in [6.07, 6.45) is 2.34. The van der Waals surface area contributed by atoms with E-state index in [9.17, 15) is 10.1 Å². The molecule has 1 fully saturated rings. The van der Waals surface area contributed by atoms with Crippen LogP contribution in [0.15, 0.2) is 18.2 Å². The molecule has 2 rings (SSSR count). The van der Waals surface area contributed by atoms with Crippen LogP contribution in [0.2, 0.25) is 5.02 Å². The van der Waals surface area contributed by atoms with E-state index in [4.69, 9.17) is 11.6 Å². The summed E-state index contributed by atoms with van der Waals surface area (Å²) in [6.45, 7) is 2.80. The van der Waals surface area contributed by atoms with Crippen molar-refractivity contribution in [3.05, 3.63) is 38.9 Å². The fourth-order valence-corrected chi connectivity index (χ4v) is 1.67. The van der Waals surface area contributed by atoms with Crippen molar-refractivity contribution in [3.8, 4) is 0 Å². The van der Waals surface area contributed by atoms with Crippen LogP contribution in [0, 0.1) is 10.1 Å². The molecule has 1 N–H and O–H groups in total. The fraction of sp³-hybridized carbons (Fsp3) is 0.455. The van der Waals surface area contributed by atoms with Gasteiger partial charge in [-0.2, -0.15) is 0 Å². The van der Waals surface area contributed by atoms with E-state index in [1.807, 2.05) is 6.07 Å². The van der Waals surface area contributed by atoms with E-state index in [0.29, 0.717) is 6.54 Å². The van der Waals surface area contributed by atoms with Crippen molar-refractivity contribution >= 4 is 17.3 Å². The van der Waals surface area contributed by atoms with E-state index < -0.39 is 4.92 Å². The van der Waals surface area contributed by atoms with Gasteiger partial charge in [-0.15, -0.1) is 0 Å². The monoisotopic (exact) mass is 240 g/mol. The van der Waals surface area contributed by atoms with Crippen LogP contribution in [0.5, 0.6) is 0 Å². The molecule has 0 saturated heterocycles. The largest absolute Gasteiger partial charge is 0.307 e. The first kappa shape index (κ1) is 11.4. The average Bonchev–Trinajstić information content (AvgIpc) is 2.96. The fourth-order valence-electron chi connectivity index (χ4n) is 1.49. The quantitative estimate of drug-likeness (QED) is 0.650. The van der Waals surface area contributed by atoms with Crippen molar-refractivity contribution in [2.24, 2.45) is 0 Å². The molecule has 0 bridgehead atoms. The Morgan fingerprint density at radius 2 is 2.25 bits per heavy atom. The molecule has 1 saturated carbocycles. The Labute approximate surface area is 98.8 Å². The molecule has 0 heterocycles. The van der Waals surface area contributed by atoms with Gasteiger partial charge in [0.1, 0.15) is 5.02 Å². The minimum absolute atomic E-state index is 0.0260. The molecule has 0 unspecified atom stereocenters. The standard InChI is InChI=1S/C11H13ClN2O2/c1-11(4-5-11)13-7-8-2-3-9(12)10(6-8)14(15)16/h2-3,6,13H,4-5,7H2,1H3. The molecule has 0 aliphatic heterocycles. The Balaban J connectivity index is 2.09. The maximum absolute atomic E-state index is 10.7. The first-order valence-corrected chi connectivity index (χ1v) is 5.56. The van der Waals surface area contributed by atoms with Crippen LogP contribution in [-0.4, -0.2) is 10.5 Å². The second kappa shape index (κ2) is 4.03. The lowest BCUT2D eigenvalue weighted by Gasteiger charge is -2.11. The Hall–Kier alpha value is -1.13. The Morgan fingerprint density at radius 1 is 1.56 bits per heavy atom. The van der Waals surface area contributed by atoms with Gasteiger partial charge in [0.15, 0.2) is 0 Å². The third-order valence-corrected chi connectivity index (χ3v) is 3.25. The van der Waals surface area contributed by atoms with Gasteiger partial charge >= 0.3 is 0 Å². The molecule has 5 heteroatoms. The highest BCUT2D eigenvalue weighted by atomic mass is 35.5. The second-order valence-corrected chi connectivity index (χ2v) is 4.86. The molecule has 1 aromatic rings. The number of halogens is 1. The number of nitro benzene ring substituents is 1. The Bertz CT molecular complexity index is 430. The summed E-state index contributed by atoms with van der Waals surface area (Å²) in [7, 11) is 0. The number of nitrogens with zero attached hydrogens (tertiary/aromatic N) is 1. The van der Waals surface area contributed by atoms with Gasteiger partial charge in [0.05, 0.1) is 4.92 Å². The van der Waals surface area contributed by atoms with Crippen LogP contribution < -0.4 is 5.32 Å². The zero-order valence-electron chi connectivity index (χ0n) is 9.00. The van der Waals surface area contributed by atoms with Gasteiger partial charge in [-0.3, -0.25) is 10.1 Å². The van der Waals surface area contributed by atoms with E-state index in [1.165, 1.54) is 18.9 Å². The normalized spacial score (nSPS) is 17.1. The van der Waals surface area contributed by atoms with Crippen LogP contribution in [0.1, 0.15) is 25.3 Å². The summed E-state index contributed by atoms with van der Waals surface area (Å²) in [4.78, 5) is 10.2. The zero-order valence-corrected chi connectivity index (χ0v) is 9.75. The highest BCUT2D eigenvalue weighted by molar-refractivity contribution is 6.32. The minimum Gasteiger partial charge on any atom is -0.307 e. The van der Waals surface area contributed by atoms with Crippen molar-refractivity contribution < 1.29 is 4.92 Å². The molecule has 0 amide bonds. The lowest BCUT2D eigenvalue weighted by molar-refractivity contribution is -0.384. The molecule has 0 aromatic heterocycles. The van der Waals surface area contributed by atoms with Crippen molar-refractivity contribution in [2.75, 3.05) is 0 Å². The lowest BCUT2D eigenvalue weighted by atomic mass is 10.2. The minimum atomic E-state index is -0.454. The molecule has 0 atom stereocenters. The maximum atomic E-state index is 10.7. The molecule has 1 aromatic carbocycles. The van der Waals surface area contributed by atoms with Crippen molar-refractivity contribution in [1.82, 2.24) is 5.32 Å². The number of nitrogens with one attached hydrogen (secondary N) is 1. The van der Waals surface area contributed by atoms with Crippen molar-refractivity contribution in [3.63, 3.8) is 0 Å². The molecule has 16 heavy (non-hydrogen) atoms. The molecule has 0 spiro atoms. The first-order valence-electron chi connectivity index (χ1n) is 5.18. The van der Waals surface area contributed by atoms with Crippen LogP contribution >= 0.6 is 11.6 Å². The van der Waals surface area contributed by atoms with Gasteiger partial charge in [-0.05, 0) is 31.4 Å². The number of nitro groups is 1. The van der Waals surface area contributed by atoms with Gasteiger partial charge in [0.2, 0.25) is 0 Å². The van der Waals surface area contributed by atoms with Crippen LogP contribution in [0.3, 0.4) is 0 Å². The molecule has 4 nitrogen and oxygen atoms in total. The Morgan fingerprint density at radius 3 is 2.81 bits per heavy atom.